The highest BCUT2D eigenvalue weighted by Crippen LogP contribution is 2.41. The van der Waals surface area contributed by atoms with E-state index in [9.17, 15) is 0 Å². The van der Waals surface area contributed by atoms with Gasteiger partial charge in [-0.1, -0.05) is 0 Å². The average molecular weight is 438 g/mol. The minimum Gasteiger partial charge on any atom is -0.381 e. The van der Waals surface area contributed by atoms with Crippen LogP contribution < -0.4 is 5.32 Å². The van der Waals surface area contributed by atoms with Crippen LogP contribution in [0.3, 0.4) is 0 Å². The highest BCUT2D eigenvalue weighted by molar-refractivity contribution is 7.22. The second-order valence-electron chi connectivity index (χ2n) is 8.44. The van der Waals surface area contributed by atoms with Crippen LogP contribution in [0.2, 0.25) is 0 Å². The van der Waals surface area contributed by atoms with Crippen LogP contribution in [0.15, 0.2) is 24.7 Å². The van der Waals surface area contributed by atoms with Gasteiger partial charge in [-0.25, -0.2) is 15.0 Å². The number of fused-ring (bicyclic) bond motifs is 1. The third-order valence-corrected chi connectivity index (χ3v) is 7.16. The first kappa shape index (κ1) is 20.1. The molecular weight excluding hydrogens is 410 g/mol. The van der Waals surface area contributed by atoms with E-state index in [0.717, 1.165) is 50.8 Å². The highest BCUT2D eigenvalue weighted by atomic mass is 32.1. The first-order valence-electron chi connectivity index (χ1n) is 10.6. The molecule has 4 aromatic rings. The van der Waals surface area contributed by atoms with Gasteiger partial charge in [0, 0.05) is 44.8 Å². The van der Waals surface area contributed by atoms with Gasteiger partial charge >= 0.3 is 0 Å². The molecule has 0 atom stereocenters. The Morgan fingerprint density at radius 1 is 1.23 bits per heavy atom. The number of thiophene rings is 1. The zero-order chi connectivity index (χ0) is 21.7. The zero-order valence-corrected chi connectivity index (χ0v) is 19.3. The predicted molar refractivity (Wildman–Crippen MR) is 123 cm³/mol. The van der Waals surface area contributed by atoms with Crippen LogP contribution in [0.1, 0.15) is 38.3 Å². The lowest BCUT2D eigenvalue weighted by Crippen LogP contribution is -2.40. The van der Waals surface area contributed by atoms with Gasteiger partial charge in [0.1, 0.15) is 16.3 Å². The van der Waals surface area contributed by atoms with Crippen LogP contribution in [0.25, 0.3) is 32.4 Å². The number of nitrogens with zero attached hydrogens (tertiary/aromatic N) is 6. The molecule has 0 unspecified atom stereocenters. The lowest BCUT2D eigenvalue weighted by molar-refractivity contribution is 0.0328. The van der Waals surface area contributed by atoms with Crippen molar-refractivity contribution in [2.24, 2.45) is 7.05 Å². The monoisotopic (exact) mass is 437 g/mol. The molecule has 0 saturated heterocycles. The molecule has 1 aliphatic carbocycles. The average Bonchev–Trinajstić information content (AvgIpc) is 3.43. The summed E-state index contributed by atoms with van der Waals surface area (Å²) in [7, 11) is 3.73. The summed E-state index contributed by atoms with van der Waals surface area (Å²) in [5.41, 5.74) is 2.13. The molecule has 1 N–H and O–H groups in total. The molecule has 31 heavy (non-hydrogen) atoms. The van der Waals surface area contributed by atoms with Gasteiger partial charge < -0.3 is 14.6 Å². The van der Waals surface area contributed by atoms with Gasteiger partial charge in [0.15, 0.2) is 11.6 Å². The van der Waals surface area contributed by atoms with Gasteiger partial charge in [-0.3, -0.25) is 4.68 Å². The van der Waals surface area contributed by atoms with Gasteiger partial charge in [0.2, 0.25) is 0 Å². The van der Waals surface area contributed by atoms with E-state index in [1.807, 2.05) is 28.7 Å². The third-order valence-electron chi connectivity index (χ3n) is 5.95. The number of hydrogen-bond donors (Lipinski definition) is 1. The van der Waals surface area contributed by atoms with Crippen molar-refractivity contribution in [1.29, 1.82) is 0 Å². The molecule has 0 aromatic carbocycles. The Bertz CT molecular complexity index is 1230. The number of anilines is 1. The lowest BCUT2D eigenvalue weighted by atomic mass is 9.89. The molecule has 8 nitrogen and oxygen atoms in total. The maximum absolute atomic E-state index is 5.45. The normalized spacial score (nSPS) is 18.6. The van der Waals surface area contributed by atoms with Crippen molar-refractivity contribution in [1.82, 2.24) is 29.3 Å². The quantitative estimate of drug-likeness (QED) is 0.480. The SMILES string of the molecule is CO[C@H]1C[C@H](Nc2nc(-c3nccn3C)nc3sc(-c4ccn(C(C)C)n4)c(C)c23)C1. The fourth-order valence-electron chi connectivity index (χ4n) is 3.98. The van der Waals surface area contributed by atoms with Crippen LogP contribution in [0.5, 0.6) is 0 Å². The topological polar surface area (TPSA) is 82.7 Å². The standard InChI is InChI=1S/C22H27N7OS/c1-12(2)29-8-6-16(27-29)18-13(3)17-19(24-14-10-15(11-14)30-5)25-20(26-22(17)31-18)21-23-7-9-28(21)4/h6-9,12,14-15H,10-11H2,1-5H3,(H,24,25,26)/t14-,15-. The fraction of sp³-hybridized carbons (Fsp3) is 0.455. The van der Waals surface area contributed by atoms with Gasteiger partial charge in [-0.05, 0) is 45.2 Å². The van der Waals surface area contributed by atoms with Crippen molar-refractivity contribution in [2.45, 2.75) is 51.8 Å². The van der Waals surface area contributed by atoms with Crippen molar-refractivity contribution in [3.63, 3.8) is 0 Å². The predicted octanol–water partition coefficient (Wildman–Crippen LogP) is 4.43. The first-order valence-corrected chi connectivity index (χ1v) is 11.4. The second-order valence-corrected chi connectivity index (χ2v) is 9.44. The number of imidazole rings is 1. The summed E-state index contributed by atoms with van der Waals surface area (Å²) in [5.74, 6) is 2.25. The van der Waals surface area contributed by atoms with Crippen LogP contribution >= 0.6 is 11.3 Å². The van der Waals surface area contributed by atoms with Crippen molar-refractivity contribution >= 4 is 27.4 Å². The molecule has 0 bridgehead atoms. The molecule has 0 spiro atoms. The van der Waals surface area contributed by atoms with Crippen LogP contribution in [-0.2, 0) is 11.8 Å². The summed E-state index contributed by atoms with van der Waals surface area (Å²) < 4.78 is 9.39. The molecule has 5 rings (SSSR count). The summed E-state index contributed by atoms with van der Waals surface area (Å²) in [6.07, 6.45) is 8.00. The Morgan fingerprint density at radius 3 is 2.68 bits per heavy atom. The van der Waals surface area contributed by atoms with Gasteiger partial charge in [0.05, 0.1) is 16.4 Å². The van der Waals surface area contributed by atoms with E-state index in [-0.39, 0.29) is 0 Å². The van der Waals surface area contributed by atoms with E-state index in [0.29, 0.717) is 24.0 Å². The summed E-state index contributed by atoms with van der Waals surface area (Å²) in [6.45, 7) is 6.40. The molecule has 9 heteroatoms. The molecule has 0 amide bonds. The maximum atomic E-state index is 5.45. The van der Waals surface area contributed by atoms with Crippen molar-refractivity contribution in [2.75, 3.05) is 12.4 Å². The molecule has 4 aromatic heterocycles. The van der Waals surface area contributed by atoms with Gasteiger partial charge in [0.25, 0.3) is 0 Å². The number of rotatable bonds is 6. The molecular formula is C22H27N7OS. The fourth-order valence-corrected chi connectivity index (χ4v) is 5.13. The molecule has 1 aliphatic rings. The van der Waals surface area contributed by atoms with Crippen LogP contribution in [-0.4, -0.2) is 48.6 Å². The van der Waals surface area contributed by atoms with Crippen LogP contribution in [0.4, 0.5) is 5.82 Å². The molecule has 0 aliphatic heterocycles. The van der Waals surface area contributed by atoms with E-state index in [1.54, 1.807) is 24.6 Å². The second kappa shape index (κ2) is 7.72. The number of aryl methyl sites for hydroxylation is 2. The molecule has 0 radical (unpaired) electrons. The molecule has 4 heterocycles. The molecule has 162 valence electrons. The van der Waals surface area contributed by atoms with Crippen molar-refractivity contribution in [3.8, 4) is 22.2 Å². The summed E-state index contributed by atoms with van der Waals surface area (Å²) >= 11 is 1.66. The number of aromatic nitrogens is 6. The first-order chi connectivity index (χ1) is 14.9. The largest absolute Gasteiger partial charge is 0.381 e. The highest BCUT2D eigenvalue weighted by Gasteiger charge is 2.30. The Balaban J connectivity index is 1.62. The summed E-state index contributed by atoms with van der Waals surface area (Å²) in [5, 5.41) is 9.50. The minimum absolute atomic E-state index is 0.322. The molecule has 1 saturated carbocycles. The summed E-state index contributed by atoms with van der Waals surface area (Å²) in [4.78, 5) is 16.4. The number of methoxy groups -OCH3 is 1. The summed E-state index contributed by atoms with van der Waals surface area (Å²) in [6, 6.07) is 2.75. The zero-order valence-electron chi connectivity index (χ0n) is 18.5. The Labute approximate surface area is 185 Å². The Morgan fingerprint density at radius 2 is 2.03 bits per heavy atom. The lowest BCUT2D eigenvalue weighted by Gasteiger charge is -2.35. The van der Waals surface area contributed by atoms with Gasteiger partial charge in [-0.15, -0.1) is 11.3 Å². The Hall–Kier alpha value is -2.78. The van der Waals surface area contributed by atoms with E-state index >= 15 is 0 Å². The van der Waals surface area contributed by atoms with E-state index in [4.69, 9.17) is 19.8 Å². The van der Waals surface area contributed by atoms with Crippen LogP contribution in [0, 0.1) is 6.92 Å². The minimum atomic E-state index is 0.322. The Kier molecular flexibility index (Phi) is 5.02. The van der Waals surface area contributed by atoms with E-state index in [1.165, 1.54) is 0 Å². The van der Waals surface area contributed by atoms with E-state index < -0.39 is 0 Å². The molecule has 1 fully saturated rings. The smallest absolute Gasteiger partial charge is 0.199 e. The number of nitrogens with one attached hydrogen (secondary N) is 1. The third kappa shape index (κ3) is 3.51. The number of hydrogen-bond acceptors (Lipinski definition) is 7. The van der Waals surface area contributed by atoms with Crippen molar-refractivity contribution in [3.05, 3.63) is 30.2 Å². The van der Waals surface area contributed by atoms with E-state index in [2.05, 4.69) is 37.1 Å². The van der Waals surface area contributed by atoms with Crippen molar-refractivity contribution < 1.29 is 4.74 Å². The maximum Gasteiger partial charge on any atom is 0.199 e. The number of ether oxygens (including phenoxy) is 1. The van der Waals surface area contributed by atoms with Gasteiger partial charge in [-0.2, -0.15) is 5.10 Å².